The first-order valence-electron chi connectivity index (χ1n) is 6.81. The van der Waals surface area contributed by atoms with Gasteiger partial charge in [0.25, 0.3) is 0 Å². The summed E-state index contributed by atoms with van der Waals surface area (Å²) in [6, 6.07) is 5.95. The van der Waals surface area contributed by atoms with E-state index in [2.05, 4.69) is 22.4 Å². The van der Waals surface area contributed by atoms with Gasteiger partial charge in [0.1, 0.15) is 0 Å². The maximum Gasteiger partial charge on any atom is 0.443 e. The number of benzene rings is 1. The molecular weight excluding hydrogens is 297 g/mol. The molecule has 0 saturated carbocycles. The second-order valence-electron chi connectivity index (χ2n) is 5.17. The number of alkyl halides is 3. The van der Waals surface area contributed by atoms with Crippen LogP contribution < -0.4 is 5.32 Å². The lowest BCUT2D eigenvalue weighted by molar-refractivity contribution is -0.137. The van der Waals surface area contributed by atoms with Gasteiger partial charge in [0.05, 0.1) is 6.04 Å². The number of nitrogens with zero attached hydrogens (tertiary/aromatic N) is 1. The van der Waals surface area contributed by atoms with Crippen LogP contribution in [0.2, 0.25) is 0 Å². The monoisotopic (exact) mass is 312 g/mol. The molecule has 0 fully saturated rings. The van der Waals surface area contributed by atoms with E-state index < -0.39 is 11.2 Å². The third-order valence-corrected chi connectivity index (χ3v) is 4.90. The number of rotatable bonds is 3. The Labute approximate surface area is 125 Å². The summed E-state index contributed by atoms with van der Waals surface area (Å²) in [5.41, 5.74) is 3.66. The highest BCUT2D eigenvalue weighted by Crippen LogP contribution is 2.36. The van der Waals surface area contributed by atoms with E-state index in [0.29, 0.717) is 16.2 Å². The maximum atomic E-state index is 12.7. The van der Waals surface area contributed by atoms with E-state index in [4.69, 9.17) is 0 Å². The number of thiazole rings is 1. The predicted molar refractivity (Wildman–Crippen MR) is 76.5 cm³/mol. The zero-order chi connectivity index (χ0) is 15.0. The van der Waals surface area contributed by atoms with E-state index in [1.807, 2.05) is 6.07 Å². The Kier molecular flexibility index (Phi) is 3.75. The van der Waals surface area contributed by atoms with Gasteiger partial charge in [0.15, 0.2) is 5.01 Å². The van der Waals surface area contributed by atoms with Crippen LogP contribution in [0, 0.1) is 0 Å². The molecule has 1 aliphatic rings. The molecule has 0 spiro atoms. The average Bonchev–Trinajstić information content (AvgIpc) is 3.06. The van der Waals surface area contributed by atoms with Crippen LogP contribution in [0.15, 0.2) is 24.4 Å². The van der Waals surface area contributed by atoms with E-state index >= 15 is 0 Å². The maximum absolute atomic E-state index is 12.7. The third kappa shape index (κ3) is 2.82. The van der Waals surface area contributed by atoms with Gasteiger partial charge in [-0.3, -0.25) is 0 Å². The molecule has 1 N–H and O–H groups in total. The lowest BCUT2D eigenvalue weighted by Crippen LogP contribution is -2.16. The molecule has 0 radical (unpaired) electrons. The molecule has 1 aliphatic carbocycles. The zero-order valence-corrected chi connectivity index (χ0v) is 12.3. The van der Waals surface area contributed by atoms with Crippen LogP contribution in [-0.4, -0.2) is 12.0 Å². The fraction of sp³-hybridized carbons (Fsp3) is 0.400. The van der Waals surface area contributed by atoms with Crippen molar-refractivity contribution in [3.05, 3.63) is 51.0 Å². The molecule has 1 atom stereocenters. The number of hydrogen-bond donors (Lipinski definition) is 1. The molecular formula is C15H15F3N2S. The van der Waals surface area contributed by atoms with Crippen LogP contribution in [-0.2, 0) is 19.0 Å². The van der Waals surface area contributed by atoms with Crippen LogP contribution >= 0.6 is 11.3 Å². The Bertz CT molecular complexity index is 649. The largest absolute Gasteiger partial charge is 0.443 e. The minimum Gasteiger partial charge on any atom is -0.309 e. The Morgan fingerprint density at radius 2 is 2.00 bits per heavy atom. The number of nitrogens with one attached hydrogen (secondary N) is 1. The second kappa shape index (κ2) is 5.42. The first-order chi connectivity index (χ1) is 9.99. The number of aryl methyl sites for hydroxylation is 2. The van der Waals surface area contributed by atoms with Gasteiger partial charge in [0.2, 0.25) is 0 Å². The fourth-order valence-electron chi connectivity index (χ4n) is 2.80. The molecule has 21 heavy (non-hydrogen) atoms. The average molecular weight is 312 g/mol. The molecule has 3 rings (SSSR count). The summed E-state index contributed by atoms with van der Waals surface area (Å²) in [5.74, 6) is 0. The van der Waals surface area contributed by atoms with E-state index in [0.717, 1.165) is 24.8 Å². The number of fused-ring (bicyclic) bond motifs is 1. The summed E-state index contributed by atoms with van der Waals surface area (Å²) in [7, 11) is 1.75. The van der Waals surface area contributed by atoms with Crippen LogP contribution in [0.3, 0.4) is 0 Å². The Balaban J connectivity index is 1.93. The van der Waals surface area contributed by atoms with Gasteiger partial charge in [0, 0.05) is 11.1 Å². The quantitative estimate of drug-likeness (QED) is 0.928. The van der Waals surface area contributed by atoms with Crippen molar-refractivity contribution in [2.45, 2.75) is 31.5 Å². The van der Waals surface area contributed by atoms with Crippen molar-refractivity contribution < 1.29 is 13.2 Å². The lowest BCUT2D eigenvalue weighted by Gasteiger charge is -2.16. The van der Waals surface area contributed by atoms with Crippen molar-refractivity contribution in [2.24, 2.45) is 0 Å². The Morgan fingerprint density at radius 1 is 1.24 bits per heavy atom. The minimum absolute atomic E-state index is 0.246. The highest BCUT2D eigenvalue weighted by atomic mass is 32.1. The molecule has 2 aromatic rings. The summed E-state index contributed by atoms with van der Waals surface area (Å²) >= 11 is 0.702. The highest BCUT2D eigenvalue weighted by Gasteiger charge is 2.35. The van der Waals surface area contributed by atoms with Gasteiger partial charge < -0.3 is 5.32 Å². The summed E-state index contributed by atoms with van der Waals surface area (Å²) in [6.45, 7) is 0. The molecule has 0 aliphatic heterocycles. The zero-order valence-electron chi connectivity index (χ0n) is 11.5. The van der Waals surface area contributed by atoms with Crippen molar-refractivity contribution in [3.63, 3.8) is 0 Å². The molecule has 0 saturated heterocycles. The Hall–Kier alpha value is -1.40. The van der Waals surface area contributed by atoms with Crippen molar-refractivity contribution in [1.29, 1.82) is 0 Å². The molecule has 1 heterocycles. The standard InChI is InChI=1S/C15H15F3N2S/c1-19-13(12-8-20-14(21-12)15(16,17)18)11-6-5-9-3-2-4-10(9)7-11/h5-8,13,19H,2-4H2,1H3. The van der Waals surface area contributed by atoms with E-state index in [-0.39, 0.29) is 6.04 Å². The lowest BCUT2D eigenvalue weighted by atomic mass is 10.0. The Morgan fingerprint density at radius 3 is 2.67 bits per heavy atom. The first-order valence-corrected chi connectivity index (χ1v) is 7.62. The van der Waals surface area contributed by atoms with Gasteiger partial charge in [-0.1, -0.05) is 18.2 Å². The predicted octanol–water partition coefficient (Wildman–Crippen LogP) is 3.96. The molecule has 2 nitrogen and oxygen atoms in total. The van der Waals surface area contributed by atoms with E-state index in [1.165, 1.54) is 17.3 Å². The summed E-state index contributed by atoms with van der Waals surface area (Å²) in [5, 5.41) is 2.30. The van der Waals surface area contributed by atoms with Crippen LogP contribution in [0.4, 0.5) is 13.2 Å². The van der Waals surface area contributed by atoms with Crippen LogP contribution in [0.5, 0.6) is 0 Å². The SMILES string of the molecule is CNC(c1ccc2c(c1)CCC2)c1cnc(C(F)(F)F)s1. The van der Waals surface area contributed by atoms with Gasteiger partial charge in [-0.2, -0.15) is 13.2 Å². The molecule has 0 amide bonds. The van der Waals surface area contributed by atoms with Crippen molar-refractivity contribution in [2.75, 3.05) is 7.05 Å². The van der Waals surface area contributed by atoms with E-state index in [1.54, 1.807) is 7.05 Å². The molecule has 6 heteroatoms. The third-order valence-electron chi connectivity index (χ3n) is 3.80. The van der Waals surface area contributed by atoms with Crippen LogP contribution in [0.25, 0.3) is 0 Å². The van der Waals surface area contributed by atoms with Crippen molar-refractivity contribution >= 4 is 11.3 Å². The van der Waals surface area contributed by atoms with E-state index in [9.17, 15) is 13.2 Å². The number of hydrogen-bond acceptors (Lipinski definition) is 3. The van der Waals surface area contributed by atoms with Gasteiger partial charge >= 0.3 is 6.18 Å². The van der Waals surface area contributed by atoms with Crippen LogP contribution in [0.1, 0.15) is 39.0 Å². The molecule has 1 unspecified atom stereocenters. The number of halogens is 3. The summed E-state index contributed by atoms with van der Waals surface area (Å²) in [4.78, 5) is 4.09. The topological polar surface area (TPSA) is 24.9 Å². The molecule has 1 aromatic heterocycles. The molecule has 112 valence electrons. The molecule has 1 aromatic carbocycles. The summed E-state index contributed by atoms with van der Waals surface area (Å²) < 4.78 is 38.0. The normalized spacial score (nSPS) is 16.0. The first kappa shape index (κ1) is 14.5. The summed E-state index contributed by atoms with van der Waals surface area (Å²) in [6.07, 6.45) is 0.248. The second-order valence-corrected chi connectivity index (χ2v) is 6.23. The smallest absolute Gasteiger partial charge is 0.309 e. The molecule has 0 bridgehead atoms. The fourth-order valence-corrected chi connectivity index (χ4v) is 3.72. The minimum atomic E-state index is -4.38. The van der Waals surface area contributed by atoms with Gasteiger partial charge in [-0.05, 0) is 43.0 Å². The number of aromatic nitrogens is 1. The van der Waals surface area contributed by atoms with Crippen molar-refractivity contribution in [3.8, 4) is 0 Å². The highest BCUT2D eigenvalue weighted by molar-refractivity contribution is 7.11. The van der Waals surface area contributed by atoms with Crippen molar-refractivity contribution in [1.82, 2.24) is 10.3 Å². The van der Waals surface area contributed by atoms with Gasteiger partial charge in [-0.15, -0.1) is 11.3 Å². The van der Waals surface area contributed by atoms with Gasteiger partial charge in [-0.25, -0.2) is 4.98 Å².